The number of nitrogens with zero attached hydrogens (tertiary/aromatic N) is 3. The minimum atomic E-state index is -0.169. The van der Waals surface area contributed by atoms with Gasteiger partial charge in [0.1, 0.15) is 11.6 Å². The zero-order valence-electron chi connectivity index (χ0n) is 9.16. The van der Waals surface area contributed by atoms with Gasteiger partial charge < -0.3 is 5.32 Å². The average molecular weight is 276 g/mol. The third-order valence-electron chi connectivity index (χ3n) is 1.99. The maximum absolute atomic E-state index is 11.7. The Labute approximate surface area is 112 Å². The van der Waals surface area contributed by atoms with Gasteiger partial charge in [-0.25, -0.2) is 0 Å². The van der Waals surface area contributed by atoms with Crippen LogP contribution in [0, 0.1) is 11.3 Å². The van der Waals surface area contributed by atoms with Crippen LogP contribution in [0.3, 0.4) is 0 Å². The Bertz CT molecular complexity index is 577. The summed E-state index contributed by atoms with van der Waals surface area (Å²) in [6.45, 7) is 0. The molecule has 0 saturated heterocycles. The topological polar surface area (TPSA) is 78.7 Å². The average Bonchev–Trinajstić information content (AvgIpc) is 2.90. The van der Waals surface area contributed by atoms with Gasteiger partial charge in [0.15, 0.2) is 4.34 Å². The molecule has 0 aliphatic heterocycles. The number of para-hydroxylation sites is 1. The van der Waals surface area contributed by atoms with E-state index in [0.29, 0.717) is 11.3 Å². The Kier molecular flexibility index (Phi) is 4.28. The van der Waals surface area contributed by atoms with Crippen LogP contribution in [0.1, 0.15) is 5.56 Å². The summed E-state index contributed by atoms with van der Waals surface area (Å²) in [7, 11) is 0. The van der Waals surface area contributed by atoms with E-state index in [1.165, 1.54) is 23.1 Å². The number of carbonyl (C=O) groups excluding carboxylic acids is 1. The number of nitrogens with one attached hydrogen (secondary N) is 1. The lowest BCUT2D eigenvalue weighted by atomic mass is 10.2. The minimum Gasteiger partial charge on any atom is -0.324 e. The minimum absolute atomic E-state index is 0.169. The molecule has 1 aromatic heterocycles. The smallest absolute Gasteiger partial charge is 0.234 e. The molecular formula is C11H8N4OS2. The van der Waals surface area contributed by atoms with Crippen molar-refractivity contribution in [2.75, 3.05) is 11.1 Å². The standard InChI is InChI=1S/C11H8N4OS2/c12-5-8-3-1-2-4-9(8)14-10(16)6-17-11-15-13-7-18-11/h1-4,7H,6H2,(H,14,16). The Hall–Kier alpha value is -1.91. The lowest BCUT2D eigenvalue weighted by Crippen LogP contribution is -2.14. The molecule has 1 heterocycles. The fourth-order valence-electron chi connectivity index (χ4n) is 1.23. The Balaban J connectivity index is 1.93. The van der Waals surface area contributed by atoms with Gasteiger partial charge >= 0.3 is 0 Å². The Morgan fingerprint density at radius 3 is 3.06 bits per heavy atom. The molecule has 1 N–H and O–H groups in total. The maximum atomic E-state index is 11.7. The first-order chi connectivity index (χ1) is 8.79. The molecule has 1 amide bonds. The normalized spacial score (nSPS) is 9.72. The van der Waals surface area contributed by atoms with E-state index in [9.17, 15) is 4.79 Å². The lowest BCUT2D eigenvalue weighted by Gasteiger charge is -2.05. The van der Waals surface area contributed by atoms with Crippen LogP contribution in [-0.4, -0.2) is 21.9 Å². The van der Waals surface area contributed by atoms with Gasteiger partial charge in [-0.2, -0.15) is 5.26 Å². The number of benzene rings is 1. The summed E-state index contributed by atoms with van der Waals surface area (Å²) >= 11 is 2.71. The van der Waals surface area contributed by atoms with E-state index in [2.05, 4.69) is 15.5 Å². The Morgan fingerprint density at radius 2 is 2.33 bits per heavy atom. The summed E-state index contributed by atoms with van der Waals surface area (Å²) in [5.74, 6) is 0.0764. The molecule has 0 aliphatic carbocycles. The van der Waals surface area contributed by atoms with Crippen molar-refractivity contribution in [2.24, 2.45) is 0 Å². The second-order valence-electron chi connectivity index (χ2n) is 3.20. The Morgan fingerprint density at radius 1 is 1.50 bits per heavy atom. The first kappa shape index (κ1) is 12.5. The molecule has 0 bridgehead atoms. The first-order valence-corrected chi connectivity index (χ1v) is 6.84. The molecule has 0 spiro atoms. The number of hydrogen-bond donors (Lipinski definition) is 1. The lowest BCUT2D eigenvalue weighted by molar-refractivity contribution is -0.113. The van der Waals surface area contributed by atoms with Gasteiger partial charge in [0, 0.05) is 0 Å². The highest BCUT2D eigenvalue weighted by Gasteiger charge is 2.07. The van der Waals surface area contributed by atoms with Crippen molar-refractivity contribution in [3.05, 3.63) is 35.3 Å². The highest BCUT2D eigenvalue weighted by atomic mass is 32.2. The quantitative estimate of drug-likeness (QED) is 0.865. The third-order valence-corrected chi connectivity index (χ3v) is 3.85. The van der Waals surface area contributed by atoms with Crippen LogP contribution in [0.25, 0.3) is 0 Å². The number of carbonyl (C=O) groups is 1. The van der Waals surface area contributed by atoms with E-state index in [-0.39, 0.29) is 11.7 Å². The van der Waals surface area contributed by atoms with Crippen molar-refractivity contribution < 1.29 is 4.79 Å². The number of aromatic nitrogens is 2. The highest BCUT2D eigenvalue weighted by molar-refractivity contribution is 8.01. The van der Waals surface area contributed by atoms with Crippen molar-refractivity contribution in [3.63, 3.8) is 0 Å². The molecule has 0 aliphatic rings. The van der Waals surface area contributed by atoms with Crippen LogP contribution in [0.15, 0.2) is 34.1 Å². The number of amides is 1. The fraction of sp³-hybridized carbons (Fsp3) is 0.0909. The van der Waals surface area contributed by atoms with Crippen molar-refractivity contribution in [2.45, 2.75) is 4.34 Å². The molecule has 5 nitrogen and oxygen atoms in total. The summed E-state index contributed by atoms with van der Waals surface area (Å²) in [5, 5.41) is 19.1. The van der Waals surface area contributed by atoms with E-state index >= 15 is 0 Å². The summed E-state index contributed by atoms with van der Waals surface area (Å²) in [6.07, 6.45) is 0. The molecule has 2 rings (SSSR count). The number of nitriles is 1. The molecule has 18 heavy (non-hydrogen) atoms. The monoisotopic (exact) mass is 276 g/mol. The molecule has 90 valence electrons. The molecule has 0 atom stereocenters. The van der Waals surface area contributed by atoms with Crippen LogP contribution in [0.5, 0.6) is 0 Å². The molecule has 0 unspecified atom stereocenters. The zero-order valence-corrected chi connectivity index (χ0v) is 10.8. The third kappa shape index (κ3) is 3.29. The van der Waals surface area contributed by atoms with Crippen LogP contribution < -0.4 is 5.32 Å². The molecule has 2 aromatic rings. The van der Waals surface area contributed by atoms with Gasteiger partial charge in [0.2, 0.25) is 5.91 Å². The second kappa shape index (κ2) is 6.14. The van der Waals surface area contributed by atoms with Crippen molar-refractivity contribution >= 4 is 34.7 Å². The molecular weight excluding hydrogens is 268 g/mol. The molecule has 0 radical (unpaired) electrons. The van der Waals surface area contributed by atoms with Crippen LogP contribution >= 0.6 is 23.1 Å². The van der Waals surface area contributed by atoms with E-state index in [1.54, 1.807) is 29.8 Å². The van der Waals surface area contributed by atoms with E-state index in [1.807, 2.05) is 6.07 Å². The zero-order chi connectivity index (χ0) is 12.8. The van der Waals surface area contributed by atoms with E-state index < -0.39 is 0 Å². The van der Waals surface area contributed by atoms with Crippen LogP contribution in [0.4, 0.5) is 5.69 Å². The number of hydrogen-bond acceptors (Lipinski definition) is 6. The molecule has 1 aromatic carbocycles. The van der Waals surface area contributed by atoms with Gasteiger partial charge in [0.25, 0.3) is 0 Å². The predicted octanol–water partition coefficient (Wildman–Crippen LogP) is 2.14. The number of rotatable bonds is 4. The second-order valence-corrected chi connectivity index (χ2v) is 5.25. The number of thioether (sulfide) groups is 1. The summed E-state index contributed by atoms with van der Waals surface area (Å²) in [4.78, 5) is 11.7. The van der Waals surface area contributed by atoms with Crippen molar-refractivity contribution in [1.29, 1.82) is 5.26 Å². The molecule has 0 saturated carbocycles. The van der Waals surface area contributed by atoms with Crippen LogP contribution in [0.2, 0.25) is 0 Å². The first-order valence-electron chi connectivity index (χ1n) is 4.97. The predicted molar refractivity (Wildman–Crippen MR) is 70.4 cm³/mol. The fourth-order valence-corrected chi connectivity index (χ4v) is 2.52. The van der Waals surface area contributed by atoms with E-state index in [4.69, 9.17) is 5.26 Å². The van der Waals surface area contributed by atoms with Gasteiger partial charge in [0.05, 0.1) is 17.0 Å². The summed E-state index contributed by atoms with van der Waals surface area (Å²) < 4.78 is 0.749. The van der Waals surface area contributed by atoms with Gasteiger partial charge in [-0.15, -0.1) is 10.2 Å². The van der Waals surface area contributed by atoms with E-state index in [0.717, 1.165) is 4.34 Å². The van der Waals surface area contributed by atoms with Crippen molar-refractivity contribution in [1.82, 2.24) is 10.2 Å². The van der Waals surface area contributed by atoms with Gasteiger partial charge in [-0.05, 0) is 12.1 Å². The number of anilines is 1. The van der Waals surface area contributed by atoms with Crippen LogP contribution in [-0.2, 0) is 4.79 Å². The van der Waals surface area contributed by atoms with Crippen molar-refractivity contribution in [3.8, 4) is 6.07 Å². The largest absolute Gasteiger partial charge is 0.324 e. The molecule has 0 fully saturated rings. The summed E-state index contributed by atoms with van der Waals surface area (Å²) in [5.41, 5.74) is 2.60. The SMILES string of the molecule is N#Cc1ccccc1NC(=O)CSc1nncs1. The highest BCUT2D eigenvalue weighted by Crippen LogP contribution is 2.19. The van der Waals surface area contributed by atoms with Gasteiger partial charge in [-0.3, -0.25) is 4.79 Å². The van der Waals surface area contributed by atoms with Gasteiger partial charge in [-0.1, -0.05) is 35.2 Å². The summed E-state index contributed by atoms with van der Waals surface area (Å²) in [6, 6.07) is 8.92. The molecule has 7 heteroatoms. The maximum Gasteiger partial charge on any atom is 0.234 e.